The molecule has 0 saturated carbocycles. The minimum atomic E-state index is -2.85. The standard InChI is InChI=1S/C6H7ClNOPS2/c7-8(10(9,11)12)6-4-2-1-3-5-6/h1-5H,(H2,9,11,12). The Hall–Kier alpha value is 0.270. The Morgan fingerprint density at radius 1 is 1.42 bits per heavy atom. The Bertz CT molecular complexity index is 302. The van der Waals surface area contributed by atoms with Crippen molar-refractivity contribution >= 4 is 47.1 Å². The molecule has 1 unspecified atom stereocenters. The van der Waals surface area contributed by atoms with Crippen molar-refractivity contribution in [1.29, 1.82) is 0 Å². The summed E-state index contributed by atoms with van der Waals surface area (Å²) in [4.78, 5) is 9.32. The van der Waals surface area contributed by atoms with Gasteiger partial charge < -0.3 is 4.89 Å². The predicted molar refractivity (Wildman–Crippen MR) is 60.3 cm³/mol. The minimum Gasteiger partial charge on any atom is -0.342 e. The number of halogens is 1. The van der Waals surface area contributed by atoms with Gasteiger partial charge in [0.05, 0.1) is 5.69 Å². The zero-order chi connectivity index (χ0) is 9.19. The lowest BCUT2D eigenvalue weighted by Crippen LogP contribution is -2.01. The van der Waals surface area contributed by atoms with E-state index in [0.717, 1.165) is 4.19 Å². The second-order valence-corrected chi connectivity index (χ2v) is 8.12. The van der Waals surface area contributed by atoms with E-state index in [2.05, 4.69) is 12.2 Å². The summed E-state index contributed by atoms with van der Waals surface area (Å²) in [6, 6.07) is 8.97. The van der Waals surface area contributed by atoms with Gasteiger partial charge in [0, 0.05) is 11.8 Å². The number of rotatable bonds is 2. The van der Waals surface area contributed by atoms with Crippen LogP contribution in [0.4, 0.5) is 5.69 Å². The summed E-state index contributed by atoms with van der Waals surface area (Å²) >= 11 is 14.3. The first-order valence-electron chi connectivity index (χ1n) is 3.09. The summed E-state index contributed by atoms with van der Waals surface area (Å²) in [5.74, 6) is 0. The molecular formula is C6H7ClNOPS2. The molecule has 0 saturated heterocycles. The van der Waals surface area contributed by atoms with E-state index in [0.29, 0.717) is 5.69 Å². The Morgan fingerprint density at radius 3 is 2.33 bits per heavy atom. The second-order valence-electron chi connectivity index (χ2n) is 2.11. The SMILES string of the molecule is OP(=S)(S)N(Cl)c1ccccc1. The van der Waals surface area contributed by atoms with Gasteiger partial charge in [0.15, 0.2) is 0 Å². The fraction of sp³-hybridized carbons (Fsp3) is 0. The molecule has 6 heteroatoms. The van der Waals surface area contributed by atoms with Gasteiger partial charge in [-0.05, 0) is 23.9 Å². The molecule has 0 aliphatic carbocycles. The summed E-state index contributed by atoms with van der Waals surface area (Å²) in [5, 5.41) is 0. The summed E-state index contributed by atoms with van der Waals surface area (Å²) < 4.78 is 1.09. The number of hydrogen-bond acceptors (Lipinski definition) is 1. The lowest BCUT2D eigenvalue weighted by Gasteiger charge is -2.20. The van der Waals surface area contributed by atoms with E-state index in [1.807, 2.05) is 18.2 Å². The van der Waals surface area contributed by atoms with E-state index < -0.39 is 5.62 Å². The number of hydrogen-bond donors (Lipinski definition) is 2. The van der Waals surface area contributed by atoms with E-state index in [1.54, 1.807) is 12.1 Å². The van der Waals surface area contributed by atoms with Gasteiger partial charge in [-0.15, -0.1) is 0 Å². The molecule has 12 heavy (non-hydrogen) atoms. The average Bonchev–Trinajstić information content (AvgIpc) is 2.03. The molecule has 0 aliphatic heterocycles. The molecule has 0 aromatic heterocycles. The highest BCUT2D eigenvalue weighted by Gasteiger charge is 2.16. The zero-order valence-electron chi connectivity index (χ0n) is 5.96. The van der Waals surface area contributed by atoms with E-state index in [4.69, 9.17) is 23.6 Å². The van der Waals surface area contributed by atoms with Crippen LogP contribution in [0.5, 0.6) is 0 Å². The van der Waals surface area contributed by atoms with Crippen molar-refractivity contribution in [3.63, 3.8) is 0 Å². The van der Waals surface area contributed by atoms with Gasteiger partial charge >= 0.3 is 0 Å². The number of thiol groups is 1. The van der Waals surface area contributed by atoms with Crippen LogP contribution in [-0.4, -0.2) is 4.89 Å². The van der Waals surface area contributed by atoms with Gasteiger partial charge in [-0.25, -0.2) is 4.19 Å². The maximum Gasteiger partial charge on any atom is 0.222 e. The molecule has 0 amide bonds. The molecule has 0 aliphatic rings. The molecule has 1 N–H and O–H groups in total. The number of anilines is 1. The van der Waals surface area contributed by atoms with Crippen molar-refractivity contribution in [3.05, 3.63) is 30.3 Å². The van der Waals surface area contributed by atoms with E-state index in [-0.39, 0.29) is 0 Å². The Labute approximate surface area is 86.6 Å². The number of para-hydroxylation sites is 1. The fourth-order valence-corrected chi connectivity index (χ4v) is 1.84. The Kier molecular flexibility index (Phi) is 3.44. The number of nitrogens with zero attached hydrogens (tertiary/aromatic N) is 1. The van der Waals surface area contributed by atoms with Crippen LogP contribution in [0, 0.1) is 0 Å². The van der Waals surface area contributed by atoms with Gasteiger partial charge in [0.1, 0.15) is 0 Å². The predicted octanol–water partition coefficient (Wildman–Crippen LogP) is 2.79. The van der Waals surface area contributed by atoms with Crippen LogP contribution in [0.3, 0.4) is 0 Å². The fourth-order valence-electron chi connectivity index (χ4n) is 0.701. The average molecular weight is 240 g/mol. The molecule has 0 fully saturated rings. The van der Waals surface area contributed by atoms with E-state index >= 15 is 0 Å². The van der Waals surface area contributed by atoms with Gasteiger partial charge in [0.2, 0.25) is 5.62 Å². The highest BCUT2D eigenvalue weighted by molar-refractivity contribution is 8.62. The number of benzene rings is 1. The van der Waals surface area contributed by atoms with Crippen molar-refractivity contribution in [3.8, 4) is 0 Å². The molecule has 0 heterocycles. The monoisotopic (exact) mass is 239 g/mol. The molecule has 1 rings (SSSR count). The first kappa shape index (κ1) is 10.4. The van der Waals surface area contributed by atoms with Crippen LogP contribution in [0.2, 0.25) is 0 Å². The third-order valence-corrected chi connectivity index (χ3v) is 4.35. The third-order valence-electron chi connectivity index (χ3n) is 1.20. The van der Waals surface area contributed by atoms with Crippen LogP contribution in [0.25, 0.3) is 0 Å². The van der Waals surface area contributed by atoms with Crippen LogP contribution in [-0.2, 0) is 11.8 Å². The summed E-state index contributed by atoms with van der Waals surface area (Å²) in [7, 11) is 0. The molecule has 1 aromatic rings. The molecule has 1 aromatic carbocycles. The first-order valence-corrected chi connectivity index (χ1v) is 7.28. The topological polar surface area (TPSA) is 23.5 Å². The van der Waals surface area contributed by atoms with Crippen LogP contribution < -0.4 is 4.19 Å². The van der Waals surface area contributed by atoms with Crippen LogP contribution in [0.1, 0.15) is 0 Å². The van der Waals surface area contributed by atoms with E-state index in [1.165, 1.54) is 0 Å². The summed E-state index contributed by atoms with van der Waals surface area (Å²) in [6.45, 7) is 0. The van der Waals surface area contributed by atoms with Crippen molar-refractivity contribution < 1.29 is 4.89 Å². The van der Waals surface area contributed by atoms with Crippen molar-refractivity contribution in [1.82, 2.24) is 0 Å². The molecule has 66 valence electrons. The van der Waals surface area contributed by atoms with Gasteiger partial charge in [-0.2, -0.15) is 0 Å². The van der Waals surface area contributed by atoms with Crippen LogP contribution >= 0.6 is 29.6 Å². The van der Waals surface area contributed by atoms with Gasteiger partial charge in [-0.1, -0.05) is 30.4 Å². The molecule has 2 nitrogen and oxygen atoms in total. The largest absolute Gasteiger partial charge is 0.342 e. The lowest BCUT2D eigenvalue weighted by molar-refractivity contribution is 0.641. The Balaban J connectivity index is 2.94. The molecule has 0 spiro atoms. The summed E-state index contributed by atoms with van der Waals surface area (Å²) in [5.41, 5.74) is -2.20. The second kappa shape index (κ2) is 3.99. The molecule has 1 atom stereocenters. The highest BCUT2D eigenvalue weighted by Crippen LogP contribution is 2.53. The smallest absolute Gasteiger partial charge is 0.222 e. The quantitative estimate of drug-likeness (QED) is 0.471. The maximum absolute atomic E-state index is 9.32. The van der Waals surface area contributed by atoms with Crippen LogP contribution in [0.15, 0.2) is 30.3 Å². The maximum atomic E-state index is 9.32. The molecule has 0 radical (unpaired) electrons. The van der Waals surface area contributed by atoms with Crippen molar-refractivity contribution in [2.45, 2.75) is 0 Å². The van der Waals surface area contributed by atoms with Gasteiger partial charge in [-0.3, -0.25) is 0 Å². The first-order chi connectivity index (χ1) is 5.52. The minimum absolute atomic E-state index is 0.653. The molecule has 0 bridgehead atoms. The molecular weight excluding hydrogens is 233 g/mol. The summed E-state index contributed by atoms with van der Waals surface area (Å²) in [6.07, 6.45) is 0. The van der Waals surface area contributed by atoms with Crippen molar-refractivity contribution in [2.75, 3.05) is 4.19 Å². The van der Waals surface area contributed by atoms with Crippen molar-refractivity contribution in [2.24, 2.45) is 0 Å². The Morgan fingerprint density at radius 2 is 1.92 bits per heavy atom. The highest BCUT2D eigenvalue weighted by atomic mass is 35.5. The normalized spacial score (nSPS) is 15.2. The third kappa shape index (κ3) is 2.64. The van der Waals surface area contributed by atoms with Gasteiger partial charge in [0.25, 0.3) is 0 Å². The van der Waals surface area contributed by atoms with E-state index in [9.17, 15) is 4.89 Å². The lowest BCUT2D eigenvalue weighted by atomic mass is 10.3. The zero-order valence-corrected chi connectivity index (χ0v) is 9.32.